The Kier molecular flexibility index (Phi) is 6.30. The van der Waals surface area contributed by atoms with Gasteiger partial charge in [-0.1, -0.05) is 19.8 Å². The summed E-state index contributed by atoms with van der Waals surface area (Å²) in [6, 6.07) is -0.158. The lowest BCUT2D eigenvalue weighted by atomic mass is 9.79. The second kappa shape index (κ2) is 8.56. The first-order valence-corrected chi connectivity index (χ1v) is 9.77. The third-order valence-corrected chi connectivity index (χ3v) is 5.70. The number of anilines is 1. The van der Waals surface area contributed by atoms with E-state index in [4.69, 9.17) is 5.73 Å². The van der Waals surface area contributed by atoms with Gasteiger partial charge in [0.25, 0.3) is 0 Å². The molecule has 0 spiro atoms. The highest BCUT2D eigenvalue weighted by Gasteiger charge is 2.46. The lowest BCUT2D eigenvalue weighted by molar-refractivity contribution is -0.149. The summed E-state index contributed by atoms with van der Waals surface area (Å²) in [6.45, 7) is 1.71. The van der Waals surface area contributed by atoms with Gasteiger partial charge in [0.05, 0.1) is 12.6 Å². The molecule has 1 saturated heterocycles. The first-order valence-electron chi connectivity index (χ1n) is 9.77. The standard InChI is InChI=1S/C19H26F3N5O2/c1-11-2-4-13(5-3-11)16(23)17(28)26-15-8-12(6-7-24-15)9-27-10-14(19(20,21)22)25-18(27)29/h6-8,11,13-14,16H,2-5,9-10,23H2,1H3,(H,25,29)(H,24,26,28)/t11?,13?,14-,16?/m0/s1. The first kappa shape index (κ1) is 21.4. The van der Waals surface area contributed by atoms with Crippen LogP contribution in [0.25, 0.3) is 0 Å². The molecule has 2 fully saturated rings. The monoisotopic (exact) mass is 413 g/mol. The quantitative estimate of drug-likeness (QED) is 0.691. The van der Waals surface area contributed by atoms with E-state index in [-0.39, 0.29) is 24.2 Å². The Hall–Kier alpha value is -2.36. The maximum atomic E-state index is 12.8. The molecule has 2 atom stereocenters. The van der Waals surface area contributed by atoms with Gasteiger partial charge in [0.2, 0.25) is 5.91 Å². The van der Waals surface area contributed by atoms with Crippen molar-refractivity contribution in [2.45, 2.75) is 57.4 Å². The number of nitrogens with zero attached hydrogens (tertiary/aromatic N) is 2. The highest BCUT2D eigenvalue weighted by atomic mass is 19.4. The van der Waals surface area contributed by atoms with Crippen LogP contribution in [0.4, 0.5) is 23.8 Å². The highest BCUT2D eigenvalue weighted by molar-refractivity contribution is 5.94. The van der Waals surface area contributed by atoms with E-state index in [1.807, 2.05) is 5.32 Å². The number of carbonyl (C=O) groups is 2. The number of halogens is 3. The van der Waals surface area contributed by atoms with E-state index in [0.717, 1.165) is 30.6 Å². The van der Waals surface area contributed by atoms with E-state index in [2.05, 4.69) is 17.2 Å². The summed E-state index contributed by atoms with van der Waals surface area (Å²) in [7, 11) is 0. The Bertz CT molecular complexity index is 750. The van der Waals surface area contributed by atoms with Crippen molar-refractivity contribution in [2.24, 2.45) is 17.6 Å². The number of carbonyl (C=O) groups excluding carboxylic acids is 2. The van der Waals surface area contributed by atoms with E-state index in [1.165, 1.54) is 6.20 Å². The van der Waals surface area contributed by atoms with Crippen LogP contribution in [0.2, 0.25) is 0 Å². The van der Waals surface area contributed by atoms with E-state index in [9.17, 15) is 22.8 Å². The zero-order valence-corrected chi connectivity index (χ0v) is 16.2. The van der Waals surface area contributed by atoms with Crippen molar-refractivity contribution >= 4 is 17.8 Å². The fourth-order valence-electron chi connectivity index (χ4n) is 3.84. The predicted octanol–water partition coefficient (Wildman–Crippen LogP) is 2.63. The van der Waals surface area contributed by atoms with Crippen LogP contribution < -0.4 is 16.4 Å². The topological polar surface area (TPSA) is 100 Å². The largest absolute Gasteiger partial charge is 0.410 e. The van der Waals surface area contributed by atoms with Crippen LogP contribution in [-0.4, -0.2) is 46.6 Å². The Morgan fingerprint density at radius 3 is 2.69 bits per heavy atom. The molecule has 1 aromatic heterocycles. The third-order valence-electron chi connectivity index (χ3n) is 5.70. The lowest BCUT2D eigenvalue weighted by Crippen LogP contribution is -2.43. The normalized spacial score (nSPS) is 26.2. The van der Waals surface area contributed by atoms with Gasteiger partial charge in [-0.25, -0.2) is 9.78 Å². The molecule has 3 amide bonds. The Morgan fingerprint density at radius 1 is 1.38 bits per heavy atom. The fourth-order valence-corrected chi connectivity index (χ4v) is 3.84. The van der Waals surface area contributed by atoms with Crippen LogP contribution in [0.15, 0.2) is 18.3 Å². The molecule has 10 heteroatoms. The number of hydrogen-bond acceptors (Lipinski definition) is 4. The summed E-state index contributed by atoms with van der Waals surface area (Å²) >= 11 is 0. The maximum Gasteiger partial charge on any atom is 0.410 e. The molecule has 0 aromatic carbocycles. The van der Waals surface area contributed by atoms with Crippen molar-refractivity contribution in [3.05, 3.63) is 23.9 Å². The molecular weight excluding hydrogens is 387 g/mol. The summed E-state index contributed by atoms with van der Waals surface area (Å²) in [5.74, 6) is 0.714. The molecule has 7 nitrogen and oxygen atoms in total. The number of nitrogens with two attached hydrogens (primary N) is 1. The number of rotatable bonds is 5. The van der Waals surface area contributed by atoms with E-state index >= 15 is 0 Å². The van der Waals surface area contributed by atoms with E-state index in [0.29, 0.717) is 11.5 Å². The van der Waals surface area contributed by atoms with Gasteiger partial charge >= 0.3 is 12.2 Å². The molecule has 1 aliphatic carbocycles. The minimum Gasteiger partial charge on any atom is -0.324 e. The van der Waals surface area contributed by atoms with E-state index < -0.39 is 30.8 Å². The van der Waals surface area contributed by atoms with Gasteiger partial charge in [0, 0.05) is 12.7 Å². The zero-order valence-electron chi connectivity index (χ0n) is 16.2. The smallest absolute Gasteiger partial charge is 0.324 e. The van der Waals surface area contributed by atoms with Crippen molar-refractivity contribution in [2.75, 3.05) is 11.9 Å². The van der Waals surface area contributed by atoms with Crippen molar-refractivity contribution in [3.8, 4) is 0 Å². The molecular formula is C19H26F3N5O2. The van der Waals surface area contributed by atoms with Gasteiger partial charge in [-0.2, -0.15) is 13.2 Å². The van der Waals surface area contributed by atoms with Gasteiger partial charge in [-0.05, 0) is 42.4 Å². The van der Waals surface area contributed by atoms with Gasteiger partial charge < -0.3 is 21.3 Å². The molecule has 1 aliphatic heterocycles. The number of aromatic nitrogens is 1. The van der Waals surface area contributed by atoms with Crippen molar-refractivity contribution < 1.29 is 22.8 Å². The molecule has 4 N–H and O–H groups in total. The van der Waals surface area contributed by atoms with Crippen LogP contribution in [0.5, 0.6) is 0 Å². The van der Waals surface area contributed by atoms with Crippen molar-refractivity contribution in [1.82, 2.24) is 15.2 Å². The molecule has 1 unspecified atom stereocenters. The van der Waals surface area contributed by atoms with E-state index in [1.54, 1.807) is 12.1 Å². The van der Waals surface area contributed by atoms with Gasteiger partial charge in [-0.3, -0.25) is 4.79 Å². The molecule has 160 valence electrons. The average molecular weight is 413 g/mol. The third kappa shape index (κ3) is 5.37. The van der Waals surface area contributed by atoms with Gasteiger partial charge in [-0.15, -0.1) is 0 Å². The summed E-state index contributed by atoms with van der Waals surface area (Å²) in [4.78, 5) is 29.4. The summed E-state index contributed by atoms with van der Waals surface area (Å²) in [5.41, 5.74) is 6.69. The van der Waals surface area contributed by atoms with Gasteiger partial charge in [0.1, 0.15) is 11.9 Å². The van der Waals surface area contributed by atoms with Crippen LogP contribution >= 0.6 is 0 Å². The van der Waals surface area contributed by atoms with Crippen molar-refractivity contribution in [3.63, 3.8) is 0 Å². The second-order valence-electron chi connectivity index (χ2n) is 8.01. The second-order valence-corrected chi connectivity index (χ2v) is 8.01. The Morgan fingerprint density at radius 2 is 2.07 bits per heavy atom. The molecule has 1 saturated carbocycles. The first-order chi connectivity index (χ1) is 13.6. The molecule has 2 aliphatic rings. The van der Waals surface area contributed by atoms with Crippen molar-refractivity contribution in [1.29, 1.82) is 0 Å². The molecule has 29 heavy (non-hydrogen) atoms. The van der Waals surface area contributed by atoms with Crippen LogP contribution in [0.3, 0.4) is 0 Å². The molecule has 0 bridgehead atoms. The molecule has 0 radical (unpaired) electrons. The molecule has 3 rings (SSSR count). The number of alkyl halides is 3. The fraction of sp³-hybridized carbons (Fsp3) is 0.632. The number of hydrogen-bond donors (Lipinski definition) is 3. The van der Waals surface area contributed by atoms with Crippen LogP contribution in [-0.2, 0) is 11.3 Å². The maximum absolute atomic E-state index is 12.8. The molecule has 2 heterocycles. The summed E-state index contributed by atoms with van der Waals surface area (Å²) in [6.07, 6.45) is 0.872. The molecule has 1 aromatic rings. The Balaban J connectivity index is 1.58. The van der Waals surface area contributed by atoms with Crippen LogP contribution in [0, 0.1) is 11.8 Å². The minimum absolute atomic E-state index is 0.0175. The Labute approximate surface area is 167 Å². The number of amides is 3. The SMILES string of the molecule is CC1CCC(C(N)C(=O)Nc2cc(CN3C[C@@H](C(F)(F)F)NC3=O)ccn2)CC1. The average Bonchev–Trinajstić information content (AvgIpc) is 3.03. The number of pyridine rings is 1. The zero-order chi connectivity index (χ0) is 21.2. The number of urea groups is 1. The number of nitrogens with one attached hydrogen (secondary N) is 2. The predicted molar refractivity (Wildman–Crippen MR) is 101 cm³/mol. The summed E-state index contributed by atoms with van der Waals surface area (Å²) < 4.78 is 38.4. The van der Waals surface area contributed by atoms with Crippen LogP contribution in [0.1, 0.15) is 38.2 Å². The van der Waals surface area contributed by atoms with Gasteiger partial charge in [0.15, 0.2) is 0 Å². The highest BCUT2D eigenvalue weighted by Crippen LogP contribution is 2.30. The lowest BCUT2D eigenvalue weighted by Gasteiger charge is -2.29. The minimum atomic E-state index is -4.49. The summed E-state index contributed by atoms with van der Waals surface area (Å²) in [5, 5.41) is 4.61.